The Bertz CT molecular complexity index is 1070. The Morgan fingerprint density at radius 2 is 1.75 bits per heavy atom. The first-order valence-corrected chi connectivity index (χ1v) is 11.7. The average Bonchev–Trinajstić information content (AvgIpc) is 3.21. The largest absolute Gasteiger partial charge is 0.454 e. The molecule has 0 spiro atoms. The number of rotatable bonds is 3. The molecule has 166 valence electrons. The van der Waals surface area contributed by atoms with Gasteiger partial charge in [0.05, 0.1) is 10.5 Å². The third-order valence-corrected chi connectivity index (χ3v) is 7.45. The summed E-state index contributed by atoms with van der Waals surface area (Å²) in [7, 11) is 0. The molecule has 2 aromatic carbocycles. The van der Waals surface area contributed by atoms with Gasteiger partial charge in [-0.3, -0.25) is 14.4 Å². The fourth-order valence-electron chi connectivity index (χ4n) is 4.30. The van der Waals surface area contributed by atoms with E-state index in [1.54, 1.807) is 6.07 Å². The highest BCUT2D eigenvalue weighted by Crippen LogP contribution is 2.39. The van der Waals surface area contributed by atoms with Crippen LogP contribution in [0.15, 0.2) is 36.4 Å². The minimum atomic E-state index is -0.400. The van der Waals surface area contributed by atoms with E-state index >= 15 is 0 Å². The van der Waals surface area contributed by atoms with Gasteiger partial charge in [-0.25, -0.2) is 0 Å². The smallest absolute Gasteiger partial charge is 0.237 e. The van der Waals surface area contributed by atoms with Gasteiger partial charge in [0.1, 0.15) is 5.78 Å². The van der Waals surface area contributed by atoms with Gasteiger partial charge >= 0.3 is 0 Å². The fourth-order valence-corrected chi connectivity index (χ4v) is 5.51. The first kappa shape index (κ1) is 20.9. The molecule has 0 radical (unpaired) electrons. The van der Waals surface area contributed by atoms with Gasteiger partial charge in [0.2, 0.25) is 12.7 Å². The van der Waals surface area contributed by atoms with Crippen LogP contribution >= 0.6 is 11.8 Å². The molecule has 1 N–H and O–H groups in total. The zero-order chi connectivity index (χ0) is 22.2. The molecule has 3 heterocycles. The number of piperidine rings is 1. The van der Waals surface area contributed by atoms with Gasteiger partial charge in [-0.1, -0.05) is 0 Å². The van der Waals surface area contributed by atoms with E-state index in [0.29, 0.717) is 47.8 Å². The Kier molecular flexibility index (Phi) is 5.55. The zero-order valence-corrected chi connectivity index (χ0v) is 18.6. The maximum Gasteiger partial charge on any atom is 0.237 e. The summed E-state index contributed by atoms with van der Waals surface area (Å²) < 4.78 is 10.9. The number of hydrogen-bond donors (Lipinski definition) is 1. The third kappa shape index (κ3) is 4.07. The van der Waals surface area contributed by atoms with Crippen molar-refractivity contribution in [2.75, 3.05) is 30.1 Å². The van der Waals surface area contributed by atoms with Gasteiger partial charge in [0.25, 0.3) is 0 Å². The van der Waals surface area contributed by atoms with E-state index in [9.17, 15) is 14.4 Å². The van der Waals surface area contributed by atoms with E-state index in [2.05, 4.69) is 10.2 Å². The van der Waals surface area contributed by atoms with Gasteiger partial charge in [0, 0.05) is 42.9 Å². The zero-order valence-electron chi connectivity index (χ0n) is 17.8. The Labute approximate surface area is 190 Å². The van der Waals surface area contributed by atoms with Crippen molar-refractivity contribution in [3.63, 3.8) is 0 Å². The van der Waals surface area contributed by atoms with Gasteiger partial charge in [0.15, 0.2) is 17.3 Å². The van der Waals surface area contributed by atoms with Crippen LogP contribution in [0.4, 0.5) is 11.4 Å². The number of ether oxygens (including phenoxy) is 2. The molecule has 8 heteroatoms. The molecule has 3 aliphatic heterocycles. The van der Waals surface area contributed by atoms with Crippen molar-refractivity contribution in [2.45, 2.75) is 36.7 Å². The summed E-state index contributed by atoms with van der Waals surface area (Å²) in [6.45, 7) is 3.44. The highest BCUT2D eigenvalue weighted by atomic mass is 32.2. The fraction of sp³-hybridized carbons (Fsp3) is 0.375. The number of fused-ring (bicyclic) bond motifs is 2. The van der Waals surface area contributed by atoms with Crippen molar-refractivity contribution in [1.29, 1.82) is 0 Å². The molecule has 1 saturated heterocycles. The number of carbonyl (C=O) groups is 3. The molecule has 2 atom stereocenters. The number of Topliss-reactive ketones (excluding diaryl/α,β-unsaturated/α-hetero) is 2. The minimum Gasteiger partial charge on any atom is -0.454 e. The topological polar surface area (TPSA) is 84.9 Å². The molecule has 1 fully saturated rings. The number of carbonyl (C=O) groups excluding carboxylic acids is 3. The standard InChI is InChI=1S/C24H24N2O5S/c1-14-23(28)19-12-21-20(30-13-31-21)10-15(19)11-22(32-14)24(29)25-16-2-4-17(5-3-16)26-8-6-18(27)7-9-26/h2-5,10,12,14,22H,6-9,11,13H2,1H3,(H,25,29)/t14-,22+/m0/s1. The number of ketones is 2. The monoisotopic (exact) mass is 452 g/mol. The van der Waals surface area contributed by atoms with Crippen LogP contribution in [0.3, 0.4) is 0 Å². The summed E-state index contributed by atoms with van der Waals surface area (Å²) >= 11 is 1.38. The van der Waals surface area contributed by atoms with Crippen LogP contribution in [0.5, 0.6) is 11.5 Å². The van der Waals surface area contributed by atoms with Gasteiger partial charge in [-0.05, 0) is 55.3 Å². The van der Waals surface area contributed by atoms with Crippen molar-refractivity contribution in [2.24, 2.45) is 0 Å². The molecule has 3 aliphatic rings. The highest BCUT2D eigenvalue weighted by Gasteiger charge is 2.33. The summed E-state index contributed by atoms with van der Waals surface area (Å²) in [6.07, 6.45) is 1.60. The second kappa shape index (κ2) is 8.50. The number of benzene rings is 2. The van der Waals surface area contributed by atoms with Crippen molar-refractivity contribution in [3.8, 4) is 11.5 Å². The lowest BCUT2D eigenvalue weighted by atomic mass is 9.97. The number of nitrogens with one attached hydrogen (secondary N) is 1. The molecule has 32 heavy (non-hydrogen) atoms. The number of amides is 1. The molecule has 7 nitrogen and oxygen atoms in total. The Morgan fingerprint density at radius 3 is 2.47 bits per heavy atom. The van der Waals surface area contributed by atoms with Crippen LogP contribution in [0.1, 0.15) is 35.7 Å². The van der Waals surface area contributed by atoms with E-state index < -0.39 is 5.25 Å². The second-order valence-corrected chi connectivity index (χ2v) is 9.81. The first-order chi connectivity index (χ1) is 15.5. The molecule has 1 amide bonds. The first-order valence-electron chi connectivity index (χ1n) is 10.8. The third-order valence-electron chi connectivity index (χ3n) is 6.12. The molecule has 0 aliphatic carbocycles. The van der Waals surface area contributed by atoms with E-state index in [0.717, 1.165) is 24.3 Å². The highest BCUT2D eigenvalue weighted by molar-refractivity contribution is 8.01. The van der Waals surface area contributed by atoms with Crippen LogP contribution in [0.25, 0.3) is 0 Å². The quantitative estimate of drug-likeness (QED) is 0.763. The lowest BCUT2D eigenvalue weighted by Crippen LogP contribution is -2.33. The summed E-state index contributed by atoms with van der Waals surface area (Å²) in [5, 5.41) is 2.26. The maximum atomic E-state index is 13.1. The van der Waals surface area contributed by atoms with E-state index in [4.69, 9.17) is 9.47 Å². The number of anilines is 2. The van der Waals surface area contributed by atoms with Crippen molar-refractivity contribution < 1.29 is 23.9 Å². The normalized spacial score (nSPS) is 22.3. The summed E-state index contributed by atoms with van der Waals surface area (Å²) in [4.78, 5) is 39.6. The van der Waals surface area contributed by atoms with Crippen LogP contribution in [0.2, 0.25) is 0 Å². The molecule has 0 unspecified atom stereocenters. The Balaban J connectivity index is 1.30. The predicted octanol–water partition coefficient (Wildman–Crippen LogP) is 3.45. The molecule has 0 saturated carbocycles. The predicted molar refractivity (Wildman–Crippen MR) is 123 cm³/mol. The van der Waals surface area contributed by atoms with Gasteiger partial charge in [-0.2, -0.15) is 0 Å². The Morgan fingerprint density at radius 1 is 1.06 bits per heavy atom. The van der Waals surface area contributed by atoms with Crippen LogP contribution in [-0.4, -0.2) is 47.9 Å². The Hall–Kier alpha value is -3.00. The summed E-state index contributed by atoms with van der Waals surface area (Å²) in [5.74, 6) is 1.38. The van der Waals surface area contributed by atoms with Gasteiger partial charge in [-0.15, -0.1) is 11.8 Å². The van der Waals surface area contributed by atoms with E-state index in [-0.39, 0.29) is 23.7 Å². The van der Waals surface area contributed by atoms with Crippen LogP contribution in [-0.2, 0) is 16.0 Å². The van der Waals surface area contributed by atoms with Crippen LogP contribution < -0.4 is 19.7 Å². The lowest BCUT2D eigenvalue weighted by molar-refractivity contribution is -0.119. The second-order valence-electron chi connectivity index (χ2n) is 8.26. The SMILES string of the molecule is C[C@@H]1S[C@@H](C(=O)Nc2ccc(N3CCC(=O)CC3)cc2)Cc2cc3c(cc2C1=O)OCO3. The van der Waals surface area contributed by atoms with E-state index in [1.165, 1.54) is 11.8 Å². The lowest BCUT2D eigenvalue weighted by Gasteiger charge is -2.28. The van der Waals surface area contributed by atoms with Crippen LogP contribution in [0, 0.1) is 0 Å². The number of nitrogens with zero attached hydrogens (tertiary/aromatic N) is 1. The minimum absolute atomic E-state index is 0.00275. The summed E-state index contributed by atoms with van der Waals surface area (Å²) in [6, 6.07) is 11.3. The summed E-state index contributed by atoms with van der Waals surface area (Å²) in [5.41, 5.74) is 3.17. The molecule has 5 rings (SSSR count). The van der Waals surface area contributed by atoms with Crippen molar-refractivity contribution in [1.82, 2.24) is 0 Å². The van der Waals surface area contributed by atoms with Crippen molar-refractivity contribution >= 4 is 40.6 Å². The average molecular weight is 453 g/mol. The molecular formula is C24H24N2O5S. The molecule has 0 bridgehead atoms. The molecule has 2 aromatic rings. The van der Waals surface area contributed by atoms with Gasteiger partial charge < -0.3 is 19.7 Å². The van der Waals surface area contributed by atoms with Crippen molar-refractivity contribution in [3.05, 3.63) is 47.5 Å². The number of thioether (sulfide) groups is 1. The van der Waals surface area contributed by atoms with E-state index in [1.807, 2.05) is 37.3 Å². The molecule has 0 aromatic heterocycles. The maximum absolute atomic E-state index is 13.1. The number of hydrogen-bond acceptors (Lipinski definition) is 7. The molecular weight excluding hydrogens is 428 g/mol.